The highest BCUT2D eigenvalue weighted by Gasteiger charge is 2.31. The second-order valence-corrected chi connectivity index (χ2v) is 6.16. The molecule has 118 valence electrons. The van der Waals surface area contributed by atoms with Crippen molar-refractivity contribution in [1.29, 1.82) is 0 Å². The summed E-state index contributed by atoms with van der Waals surface area (Å²) in [7, 11) is 1.84. The molecule has 0 aromatic carbocycles. The zero-order valence-corrected chi connectivity index (χ0v) is 13.1. The van der Waals surface area contributed by atoms with Crippen LogP contribution in [0.1, 0.15) is 24.1 Å². The maximum atomic E-state index is 12.2. The smallest absolute Gasteiger partial charge is 0.244 e. The van der Waals surface area contributed by atoms with Crippen molar-refractivity contribution < 1.29 is 4.79 Å². The Morgan fingerprint density at radius 3 is 2.78 bits per heavy atom. The van der Waals surface area contributed by atoms with Crippen molar-refractivity contribution in [3.8, 4) is 11.4 Å². The minimum Gasteiger partial charge on any atom is -0.358 e. The molecular weight excluding hydrogens is 290 g/mol. The molecular formula is C17H19N5O. The summed E-state index contributed by atoms with van der Waals surface area (Å²) in [6.45, 7) is 0.793. The summed E-state index contributed by atoms with van der Waals surface area (Å²) >= 11 is 0. The van der Waals surface area contributed by atoms with Gasteiger partial charge in [-0.15, -0.1) is 0 Å². The van der Waals surface area contributed by atoms with Crippen LogP contribution in [0, 0.1) is 0 Å². The van der Waals surface area contributed by atoms with Crippen molar-refractivity contribution >= 4 is 11.7 Å². The molecule has 3 heterocycles. The van der Waals surface area contributed by atoms with E-state index in [0.717, 1.165) is 49.3 Å². The van der Waals surface area contributed by atoms with Crippen LogP contribution < -0.4 is 5.32 Å². The average molecular weight is 309 g/mol. The van der Waals surface area contributed by atoms with Crippen LogP contribution in [0.2, 0.25) is 0 Å². The van der Waals surface area contributed by atoms with E-state index in [9.17, 15) is 4.79 Å². The summed E-state index contributed by atoms with van der Waals surface area (Å²) in [5.41, 5.74) is 3.23. The maximum absolute atomic E-state index is 12.2. The van der Waals surface area contributed by atoms with E-state index < -0.39 is 0 Å². The van der Waals surface area contributed by atoms with E-state index in [4.69, 9.17) is 9.97 Å². The number of nitrogens with one attached hydrogen (secondary N) is 1. The van der Waals surface area contributed by atoms with E-state index in [1.54, 1.807) is 17.3 Å². The van der Waals surface area contributed by atoms with Gasteiger partial charge in [0.05, 0.1) is 0 Å². The number of amides is 1. The Balaban J connectivity index is 1.71. The van der Waals surface area contributed by atoms with Crippen LogP contribution in [0.25, 0.3) is 11.4 Å². The number of likely N-dealkylation sites (N-methyl/N-ethyl adjacent to an activating group) is 1. The van der Waals surface area contributed by atoms with Gasteiger partial charge in [0.25, 0.3) is 0 Å². The molecule has 0 saturated carbocycles. The molecule has 2 aliphatic rings. The number of aromatic nitrogens is 3. The molecule has 1 aliphatic carbocycles. The average Bonchev–Trinajstić information content (AvgIpc) is 3.17. The van der Waals surface area contributed by atoms with E-state index in [-0.39, 0.29) is 11.9 Å². The van der Waals surface area contributed by atoms with Crippen LogP contribution in [0.4, 0.5) is 5.82 Å². The quantitative estimate of drug-likeness (QED) is 0.934. The van der Waals surface area contributed by atoms with Crippen molar-refractivity contribution in [2.24, 2.45) is 0 Å². The zero-order chi connectivity index (χ0) is 15.8. The highest BCUT2D eigenvalue weighted by atomic mass is 16.2. The SMILES string of the molecule is CN1CC[C@H](Nc2nc(-c3ccncc3)nc3c2CCC3)C1=O. The number of nitrogens with zero attached hydrogens (tertiary/aromatic N) is 4. The number of aryl methyl sites for hydroxylation is 1. The fourth-order valence-electron chi connectivity index (χ4n) is 3.30. The highest BCUT2D eigenvalue weighted by molar-refractivity contribution is 5.86. The largest absolute Gasteiger partial charge is 0.358 e. The second kappa shape index (κ2) is 5.61. The first kappa shape index (κ1) is 14.1. The molecule has 1 amide bonds. The monoisotopic (exact) mass is 309 g/mol. The molecule has 0 bridgehead atoms. The first-order valence-corrected chi connectivity index (χ1v) is 8.04. The number of carbonyl (C=O) groups is 1. The lowest BCUT2D eigenvalue weighted by Gasteiger charge is -2.16. The molecule has 1 aliphatic heterocycles. The van der Waals surface area contributed by atoms with Crippen molar-refractivity contribution in [2.75, 3.05) is 18.9 Å². The van der Waals surface area contributed by atoms with Crippen LogP contribution in [0.3, 0.4) is 0 Å². The number of fused-ring (bicyclic) bond motifs is 1. The number of likely N-dealkylation sites (tertiary alicyclic amines) is 1. The van der Waals surface area contributed by atoms with Crippen LogP contribution in [0.15, 0.2) is 24.5 Å². The van der Waals surface area contributed by atoms with Crippen molar-refractivity contribution in [3.05, 3.63) is 35.8 Å². The minimum absolute atomic E-state index is 0.140. The second-order valence-electron chi connectivity index (χ2n) is 6.16. The number of hydrogen-bond donors (Lipinski definition) is 1. The molecule has 2 aromatic rings. The van der Waals surface area contributed by atoms with Crippen LogP contribution >= 0.6 is 0 Å². The Kier molecular flexibility index (Phi) is 3.44. The fraction of sp³-hybridized carbons (Fsp3) is 0.412. The standard InChI is InChI=1S/C17H19N5O/c1-22-10-7-14(17(22)23)20-16-12-3-2-4-13(12)19-15(21-16)11-5-8-18-9-6-11/h5-6,8-9,14H,2-4,7,10H2,1H3,(H,19,20,21)/t14-/m0/s1. The first-order valence-electron chi connectivity index (χ1n) is 8.04. The molecule has 1 fully saturated rings. The molecule has 0 spiro atoms. The predicted molar refractivity (Wildman–Crippen MR) is 87.0 cm³/mol. The first-order chi connectivity index (χ1) is 11.2. The molecule has 2 aromatic heterocycles. The van der Waals surface area contributed by atoms with Gasteiger partial charge in [0.1, 0.15) is 11.9 Å². The normalized spacial score (nSPS) is 20.0. The number of hydrogen-bond acceptors (Lipinski definition) is 5. The van der Waals surface area contributed by atoms with Gasteiger partial charge in [-0.2, -0.15) is 0 Å². The van der Waals surface area contributed by atoms with E-state index >= 15 is 0 Å². The zero-order valence-electron chi connectivity index (χ0n) is 13.1. The van der Waals surface area contributed by atoms with Gasteiger partial charge >= 0.3 is 0 Å². The fourth-order valence-corrected chi connectivity index (χ4v) is 3.30. The van der Waals surface area contributed by atoms with Gasteiger partial charge in [-0.25, -0.2) is 9.97 Å². The Morgan fingerprint density at radius 1 is 1.22 bits per heavy atom. The lowest BCUT2D eigenvalue weighted by atomic mass is 10.2. The topological polar surface area (TPSA) is 71.0 Å². The van der Waals surface area contributed by atoms with Crippen molar-refractivity contribution in [1.82, 2.24) is 19.9 Å². The Labute approximate surface area is 135 Å². The van der Waals surface area contributed by atoms with Gasteiger partial charge in [0, 0.05) is 42.8 Å². The molecule has 6 heteroatoms. The predicted octanol–water partition coefficient (Wildman–Crippen LogP) is 1.67. The third-order valence-corrected chi connectivity index (χ3v) is 4.61. The summed E-state index contributed by atoms with van der Waals surface area (Å²) in [5.74, 6) is 1.67. The lowest BCUT2D eigenvalue weighted by Crippen LogP contribution is -2.31. The highest BCUT2D eigenvalue weighted by Crippen LogP contribution is 2.30. The lowest BCUT2D eigenvalue weighted by molar-refractivity contribution is -0.127. The summed E-state index contributed by atoms with van der Waals surface area (Å²) in [4.78, 5) is 27.4. The van der Waals surface area contributed by atoms with Gasteiger partial charge in [0.2, 0.25) is 5.91 Å². The van der Waals surface area contributed by atoms with Crippen LogP contribution in [-0.2, 0) is 17.6 Å². The Hall–Kier alpha value is -2.50. The number of pyridine rings is 1. The van der Waals surface area contributed by atoms with E-state index in [0.29, 0.717) is 5.82 Å². The maximum Gasteiger partial charge on any atom is 0.244 e. The molecule has 23 heavy (non-hydrogen) atoms. The van der Waals surface area contributed by atoms with Crippen LogP contribution in [0.5, 0.6) is 0 Å². The third kappa shape index (κ3) is 2.54. The van der Waals surface area contributed by atoms with E-state index in [2.05, 4.69) is 10.3 Å². The van der Waals surface area contributed by atoms with E-state index in [1.165, 1.54) is 5.56 Å². The van der Waals surface area contributed by atoms with Gasteiger partial charge < -0.3 is 10.2 Å². The minimum atomic E-state index is -0.176. The molecule has 0 unspecified atom stereocenters. The van der Waals surface area contributed by atoms with Gasteiger partial charge in [-0.1, -0.05) is 0 Å². The summed E-state index contributed by atoms with van der Waals surface area (Å²) in [5, 5.41) is 3.37. The van der Waals surface area contributed by atoms with E-state index in [1.807, 2.05) is 19.2 Å². The van der Waals surface area contributed by atoms with Crippen LogP contribution in [-0.4, -0.2) is 45.4 Å². The number of carbonyl (C=O) groups excluding carboxylic acids is 1. The van der Waals surface area contributed by atoms with Gasteiger partial charge in [-0.05, 0) is 37.8 Å². The Bertz CT molecular complexity index is 746. The molecule has 0 radical (unpaired) electrons. The molecule has 1 atom stereocenters. The van der Waals surface area contributed by atoms with Crippen molar-refractivity contribution in [2.45, 2.75) is 31.7 Å². The summed E-state index contributed by atoms with van der Waals surface area (Å²) < 4.78 is 0. The van der Waals surface area contributed by atoms with Gasteiger partial charge in [0.15, 0.2) is 5.82 Å². The number of anilines is 1. The van der Waals surface area contributed by atoms with Gasteiger partial charge in [-0.3, -0.25) is 9.78 Å². The molecule has 1 saturated heterocycles. The molecule has 4 rings (SSSR count). The molecule has 6 nitrogen and oxygen atoms in total. The number of rotatable bonds is 3. The summed E-state index contributed by atoms with van der Waals surface area (Å²) in [6, 6.07) is 3.65. The van der Waals surface area contributed by atoms with Crippen molar-refractivity contribution in [3.63, 3.8) is 0 Å². The third-order valence-electron chi connectivity index (χ3n) is 4.61. The summed E-state index contributed by atoms with van der Waals surface area (Å²) in [6.07, 6.45) is 7.35. The Morgan fingerprint density at radius 2 is 2.04 bits per heavy atom. The molecule has 1 N–H and O–H groups in total.